The van der Waals surface area contributed by atoms with Crippen LogP contribution in [0.5, 0.6) is 0 Å². The first-order valence-corrected chi connectivity index (χ1v) is 3.76. The van der Waals surface area contributed by atoms with Gasteiger partial charge in [0, 0.05) is 12.7 Å². The predicted octanol–water partition coefficient (Wildman–Crippen LogP) is -0.408. The minimum absolute atomic E-state index is 0. The van der Waals surface area contributed by atoms with Gasteiger partial charge in [-0.05, 0) is 31.8 Å². The number of fused-ring (bicyclic) bond motifs is 3. The maximum atomic E-state index is 9.36. The molecule has 0 aromatic heterocycles. The molecule has 3 nitrogen and oxygen atoms in total. The summed E-state index contributed by atoms with van der Waals surface area (Å²) in [5, 5.41) is 9.36. The number of nitrogens with zero attached hydrogens (tertiary/aromatic N) is 2. The second-order valence-electron chi connectivity index (χ2n) is 3.21. The molecule has 57 valence electrons. The van der Waals surface area contributed by atoms with Crippen molar-refractivity contribution in [1.82, 2.24) is 11.1 Å². The highest BCUT2D eigenvalue weighted by Crippen LogP contribution is 2.26. The van der Waals surface area contributed by atoms with Crippen molar-refractivity contribution < 1.29 is 5.11 Å². The van der Waals surface area contributed by atoms with Gasteiger partial charge in [-0.1, -0.05) is 0 Å². The summed E-state index contributed by atoms with van der Waals surface area (Å²) in [5.41, 5.74) is 0. The number of hydrogen-bond donors (Lipinski definition) is 1. The number of aliphatic hydroxyl groups is 1. The van der Waals surface area contributed by atoms with Crippen LogP contribution in [0.4, 0.5) is 0 Å². The predicted molar refractivity (Wildman–Crippen MR) is 37.3 cm³/mol. The fourth-order valence-electron chi connectivity index (χ4n) is 1.93. The normalized spacial score (nSPS) is 44.7. The van der Waals surface area contributed by atoms with Gasteiger partial charge < -0.3 is 10.0 Å². The first-order chi connectivity index (χ1) is 4.36. The smallest absolute Gasteiger partial charge is 0.0696 e. The molecule has 0 saturated carbocycles. The minimum Gasteiger partial charge on any atom is -0.392 e. The average Bonchev–Trinajstić information content (AvgIpc) is 1.90. The molecule has 3 aliphatic rings. The van der Waals surface area contributed by atoms with Gasteiger partial charge in [-0.2, -0.15) is 0 Å². The van der Waals surface area contributed by atoms with Crippen molar-refractivity contribution in [3.63, 3.8) is 0 Å². The largest absolute Gasteiger partial charge is 0.392 e. The molecule has 3 fully saturated rings. The van der Waals surface area contributed by atoms with E-state index in [1.807, 2.05) is 0 Å². The van der Waals surface area contributed by atoms with E-state index in [-0.39, 0.29) is 12.3 Å². The molecule has 3 rings (SSSR count). The molecule has 0 aliphatic carbocycles. The summed E-state index contributed by atoms with van der Waals surface area (Å²) in [6.45, 7) is 3.38. The van der Waals surface area contributed by atoms with Crippen molar-refractivity contribution in [2.45, 2.75) is 18.9 Å². The van der Waals surface area contributed by atoms with Crippen molar-refractivity contribution in [2.24, 2.45) is 5.92 Å². The van der Waals surface area contributed by atoms with E-state index in [0.29, 0.717) is 5.92 Å². The summed E-state index contributed by atoms with van der Waals surface area (Å²) in [7, 11) is 0. The molecule has 0 spiro atoms. The van der Waals surface area contributed by atoms with E-state index in [9.17, 15) is 5.11 Å². The Morgan fingerprint density at radius 2 is 1.80 bits per heavy atom. The molecular formula is C7H13N2O. The molecule has 1 atom stereocenters. The Labute approximate surface area is 61.6 Å². The summed E-state index contributed by atoms with van der Waals surface area (Å²) < 4.78 is 0. The standard InChI is InChI=1S/C7H13NO.N/c9-7-5-8-3-1-6(7)2-4-8;/h6-7,9H,1-5H2;. The molecule has 3 heteroatoms. The molecule has 3 radical (unpaired) electrons. The number of rotatable bonds is 0. The van der Waals surface area contributed by atoms with Crippen molar-refractivity contribution in [1.29, 1.82) is 0 Å². The highest BCUT2D eigenvalue weighted by Gasteiger charge is 2.32. The quantitative estimate of drug-likeness (QED) is 0.498. The highest BCUT2D eigenvalue weighted by molar-refractivity contribution is 4.85. The molecule has 3 aliphatic heterocycles. The average molecular weight is 141 g/mol. The van der Waals surface area contributed by atoms with Crippen LogP contribution in [0.15, 0.2) is 0 Å². The minimum atomic E-state index is -0.00694. The molecule has 0 amide bonds. The van der Waals surface area contributed by atoms with E-state index in [4.69, 9.17) is 0 Å². The maximum absolute atomic E-state index is 9.36. The maximum Gasteiger partial charge on any atom is 0.0696 e. The van der Waals surface area contributed by atoms with Crippen LogP contribution in [0.1, 0.15) is 12.8 Å². The molecule has 1 unspecified atom stereocenters. The second-order valence-corrected chi connectivity index (χ2v) is 3.21. The topological polar surface area (TPSA) is 54.0 Å². The number of aliphatic hydroxyl groups excluding tert-OH is 1. The lowest BCUT2D eigenvalue weighted by molar-refractivity contribution is -0.0227. The molecular weight excluding hydrogens is 128 g/mol. The van der Waals surface area contributed by atoms with Crippen molar-refractivity contribution >= 4 is 0 Å². The van der Waals surface area contributed by atoms with E-state index in [2.05, 4.69) is 4.90 Å². The first kappa shape index (κ1) is 7.98. The Hall–Kier alpha value is -0.120. The van der Waals surface area contributed by atoms with Crippen LogP contribution < -0.4 is 6.15 Å². The Kier molecular flexibility index (Phi) is 2.28. The van der Waals surface area contributed by atoms with Gasteiger partial charge in [0.25, 0.3) is 0 Å². The van der Waals surface area contributed by atoms with E-state index < -0.39 is 0 Å². The zero-order valence-electron chi connectivity index (χ0n) is 6.03. The van der Waals surface area contributed by atoms with E-state index in [1.165, 1.54) is 25.9 Å². The van der Waals surface area contributed by atoms with Gasteiger partial charge in [0.2, 0.25) is 0 Å². The Morgan fingerprint density at radius 1 is 1.20 bits per heavy atom. The van der Waals surface area contributed by atoms with Gasteiger partial charge in [-0.25, -0.2) is 0 Å². The molecule has 0 aromatic carbocycles. The van der Waals surface area contributed by atoms with Crippen LogP contribution >= 0.6 is 0 Å². The van der Waals surface area contributed by atoms with Crippen LogP contribution in [-0.2, 0) is 0 Å². The van der Waals surface area contributed by atoms with Gasteiger partial charge in [-0.3, -0.25) is 0 Å². The summed E-state index contributed by atoms with van der Waals surface area (Å²) in [4.78, 5) is 2.35. The molecule has 1 N–H and O–H groups in total. The first-order valence-electron chi connectivity index (χ1n) is 3.76. The second kappa shape index (κ2) is 2.86. The zero-order chi connectivity index (χ0) is 6.27. The van der Waals surface area contributed by atoms with Gasteiger partial charge >= 0.3 is 0 Å². The monoisotopic (exact) mass is 141 g/mol. The molecule has 3 heterocycles. The SMILES string of the molecule is OC1CN2CCC1CC2.[N]. The summed E-state index contributed by atoms with van der Waals surface area (Å²) in [6, 6.07) is 0. The fraction of sp³-hybridized carbons (Fsp3) is 1.00. The van der Waals surface area contributed by atoms with E-state index >= 15 is 0 Å². The van der Waals surface area contributed by atoms with Crippen molar-refractivity contribution in [2.75, 3.05) is 19.6 Å². The van der Waals surface area contributed by atoms with Crippen molar-refractivity contribution in [3.8, 4) is 0 Å². The van der Waals surface area contributed by atoms with Crippen LogP contribution in [0, 0.1) is 5.92 Å². The third-order valence-electron chi connectivity index (χ3n) is 2.62. The summed E-state index contributed by atoms with van der Waals surface area (Å²) in [5.74, 6) is 0.634. The zero-order valence-corrected chi connectivity index (χ0v) is 6.03. The Bertz CT molecular complexity index is 110. The molecule has 2 bridgehead atoms. The fourth-order valence-corrected chi connectivity index (χ4v) is 1.93. The third-order valence-corrected chi connectivity index (χ3v) is 2.62. The van der Waals surface area contributed by atoms with Gasteiger partial charge in [0.1, 0.15) is 0 Å². The highest BCUT2D eigenvalue weighted by atomic mass is 16.3. The number of hydrogen-bond acceptors (Lipinski definition) is 2. The van der Waals surface area contributed by atoms with Crippen LogP contribution in [0.2, 0.25) is 0 Å². The van der Waals surface area contributed by atoms with Crippen molar-refractivity contribution in [3.05, 3.63) is 0 Å². The summed E-state index contributed by atoms with van der Waals surface area (Å²) >= 11 is 0. The molecule has 0 aromatic rings. The number of piperidine rings is 3. The van der Waals surface area contributed by atoms with Gasteiger partial charge in [0.05, 0.1) is 6.10 Å². The third kappa shape index (κ3) is 1.17. The van der Waals surface area contributed by atoms with Crippen LogP contribution in [0.3, 0.4) is 0 Å². The van der Waals surface area contributed by atoms with E-state index in [1.54, 1.807) is 0 Å². The molecule has 10 heavy (non-hydrogen) atoms. The van der Waals surface area contributed by atoms with E-state index in [0.717, 1.165) is 6.54 Å². The van der Waals surface area contributed by atoms with Gasteiger partial charge in [0.15, 0.2) is 0 Å². The summed E-state index contributed by atoms with van der Waals surface area (Å²) in [6.07, 6.45) is 2.44. The Morgan fingerprint density at radius 3 is 2.00 bits per heavy atom. The molecule has 3 saturated heterocycles. The lowest BCUT2D eigenvalue weighted by Crippen LogP contribution is -2.50. The Balaban J connectivity index is 0.000000500. The van der Waals surface area contributed by atoms with Crippen LogP contribution in [-0.4, -0.2) is 35.7 Å². The lowest BCUT2D eigenvalue weighted by atomic mass is 9.86. The van der Waals surface area contributed by atoms with Crippen LogP contribution in [0.25, 0.3) is 0 Å². The lowest BCUT2D eigenvalue weighted by Gasteiger charge is -2.42. The van der Waals surface area contributed by atoms with Gasteiger partial charge in [-0.15, -0.1) is 0 Å².